The maximum Gasteiger partial charge on any atom is 0.242 e. The molecule has 0 aliphatic rings. The van der Waals surface area contributed by atoms with E-state index in [2.05, 4.69) is 18.3 Å². The van der Waals surface area contributed by atoms with Crippen LogP contribution in [0.4, 0.5) is 5.69 Å². The number of nitrogens with one attached hydrogen (secondary N) is 1. The molecule has 0 aliphatic carbocycles. The van der Waals surface area contributed by atoms with Gasteiger partial charge in [0.1, 0.15) is 5.92 Å². The largest absolute Gasteiger partial charge is 0.325 e. The maximum absolute atomic E-state index is 12.2. The molecule has 1 N–H and O–H groups in total. The minimum atomic E-state index is -0.682. The summed E-state index contributed by atoms with van der Waals surface area (Å²) in [4.78, 5) is 12.2. The number of aryl methyl sites for hydroxylation is 1. The summed E-state index contributed by atoms with van der Waals surface area (Å²) in [5.74, 6) is -0.941. The Hall–Kier alpha value is -2.60. The summed E-state index contributed by atoms with van der Waals surface area (Å²) in [6.45, 7) is 2.08. The van der Waals surface area contributed by atoms with Gasteiger partial charge in [0.05, 0.1) is 6.07 Å². The van der Waals surface area contributed by atoms with Crippen LogP contribution in [0.2, 0.25) is 0 Å². The molecule has 0 radical (unpaired) electrons. The summed E-state index contributed by atoms with van der Waals surface area (Å²) in [5.41, 5.74) is 2.93. The zero-order valence-electron chi connectivity index (χ0n) is 12.0. The van der Waals surface area contributed by atoms with Crippen molar-refractivity contribution in [3.63, 3.8) is 0 Å². The van der Waals surface area contributed by atoms with Crippen LogP contribution in [-0.2, 0) is 17.6 Å². The molecule has 2 aromatic rings. The summed E-state index contributed by atoms with van der Waals surface area (Å²) in [6, 6.07) is 19.4. The molecular formula is C18H18N2O. The summed E-state index contributed by atoms with van der Waals surface area (Å²) in [7, 11) is 0. The average Bonchev–Trinajstić information content (AvgIpc) is 2.54. The normalized spacial score (nSPS) is 11.4. The number of nitrogens with zero attached hydrogens (tertiary/aromatic N) is 1. The smallest absolute Gasteiger partial charge is 0.242 e. The molecule has 1 unspecified atom stereocenters. The molecule has 0 saturated carbocycles. The van der Waals surface area contributed by atoms with Gasteiger partial charge in [0.25, 0.3) is 0 Å². The molecular weight excluding hydrogens is 260 g/mol. The lowest BCUT2D eigenvalue weighted by Gasteiger charge is -2.10. The van der Waals surface area contributed by atoms with E-state index in [4.69, 9.17) is 0 Å². The molecule has 0 aliphatic heterocycles. The van der Waals surface area contributed by atoms with Gasteiger partial charge >= 0.3 is 0 Å². The molecule has 0 spiro atoms. The van der Waals surface area contributed by atoms with Crippen molar-refractivity contribution in [2.45, 2.75) is 19.8 Å². The number of amides is 1. The lowest BCUT2D eigenvalue weighted by molar-refractivity contribution is -0.118. The first-order valence-electron chi connectivity index (χ1n) is 7.06. The average molecular weight is 278 g/mol. The van der Waals surface area contributed by atoms with Gasteiger partial charge in [0.15, 0.2) is 0 Å². The first kappa shape index (κ1) is 14.8. The molecule has 0 fully saturated rings. The fraction of sp³-hybridized carbons (Fsp3) is 0.222. The third-order valence-electron chi connectivity index (χ3n) is 3.38. The van der Waals surface area contributed by atoms with Crippen molar-refractivity contribution in [1.29, 1.82) is 5.26 Å². The second-order valence-electron chi connectivity index (χ2n) is 4.91. The topological polar surface area (TPSA) is 52.9 Å². The quantitative estimate of drug-likeness (QED) is 0.909. The van der Waals surface area contributed by atoms with Gasteiger partial charge in [-0.25, -0.2) is 0 Å². The van der Waals surface area contributed by atoms with Crippen molar-refractivity contribution < 1.29 is 4.79 Å². The van der Waals surface area contributed by atoms with E-state index >= 15 is 0 Å². The Kier molecular flexibility index (Phi) is 5.11. The van der Waals surface area contributed by atoms with Crippen LogP contribution in [0.15, 0.2) is 54.6 Å². The number of nitriles is 1. The first-order chi connectivity index (χ1) is 10.2. The van der Waals surface area contributed by atoms with Crippen LogP contribution in [0, 0.1) is 17.2 Å². The van der Waals surface area contributed by atoms with Crippen LogP contribution in [0.3, 0.4) is 0 Å². The minimum Gasteiger partial charge on any atom is -0.325 e. The molecule has 2 aromatic carbocycles. The SMILES string of the molecule is CCc1ccc(NC(=O)C(C#N)Cc2ccccc2)cc1. The first-order valence-corrected chi connectivity index (χ1v) is 7.06. The van der Waals surface area contributed by atoms with Gasteiger partial charge in [-0.3, -0.25) is 4.79 Å². The summed E-state index contributed by atoms with van der Waals surface area (Å²) < 4.78 is 0. The Morgan fingerprint density at radius 3 is 2.33 bits per heavy atom. The second-order valence-corrected chi connectivity index (χ2v) is 4.91. The highest BCUT2D eigenvalue weighted by atomic mass is 16.1. The van der Waals surface area contributed by atoms with Crippen molar-refractivity contribution in [3.05, 3.63) is 65.7 Å². The molecule has 106 valence electrons. The van der Waals surface area contributed by atoms with E-state index in [0.29, 0.717) is 6.42 Å². The summed E-state index contributed by atoms with van der Waals surface area (Å²) >= 11 is 0. The molecule has 3 nitrogen and oxygen atoms in total. The molecule has 3 heteroatoms. The van der Waals surface area contributed by atoms with Gasteiger partial charge in [-0.2, -0.15) is 5.26 Å². The number of rotatable bonds is 5. The van der Waals surface area contributed by atoms with E-state index in [0.717, 1.165) is 17.7 Å². The molecule has 1 atom stereocenters. The number of hydrogen-bond acceptors (Lipinski definition) is 2. The van der Waals surface area contributed by atoms with Gasteiger partial charge in [-0.05, 0) is 36.1 Å². The van der Waals surface area contributed by atoms with E-state index in [1.54, 1.807) is 0 Å². The molecule has 0 bridgehead atoms. The van der Waals surface area contributed by atoms with Crippen LogP contribution in [-0.4, -0.2) is 5.91 Å². The number of anilines is 1. The second kappa shape index (κ2) is 7.25. The molecule has 0 aromatic heterocycles. The van der Waals surface area contributed by atoms with Gasteiger partial charge in [0, 0.05) is 5.69 Å². The Morgan fingerprint density at radius 2 is 1.76 bits per heavy atom. The highest BCUT2D eigenvalue weighted by molar-refractivity contribution is 5.94. The van der Waals surface area contributed by atoms with Gasteiger partial charge < -0.3 is 5.32 Å². The van der Waals surface area contributed by atoms with E-state index in [1.807, 2.05) is 54.6 Å². The van der Waals surface area contributed by atoms with E-state index in [-0.39, 0.29) is 5.91 Å². The van der Waals surface area contributed by atoms with Crippen LogP contribution in [0.1, 0.15) is 18.1 Å². The number of carbonyl (C=O) groups excluding carboxylic acids is 1. The zero-order valence-corrected chi connectivity index (χ0v) is 12.0. The molecule has 0 heterocycles. The van der Waals surface area contributed by atoms with Crippen molar-refractivity contribution >= 4 is 11.6 Å². The van der Waals surface area contributed by atoms with Crippen molar-refractivity contribution in [2.75, 3.05) is 5.32 Å². The third kappa shape index (κ3) is 4.19. The number of benzene rings is 2. The van der Waals surface area contributed by atoms with Gasteiger partial charge in [-0.1, -0.05) is 49.4 Å². The highest BCUT2D eigenvalue weighted by Gasteiger charge is 2.18. The van der Waals surface area contributed by atoms with Crippen LogP contribution in [0.5, 0.6) is 0 Å². The standard InChI is InChI=1S/C18H18N2O/c1-2-14-8-10-17(11-9-14)20-18(21)16(13-19)12-15-6-4-3-5-7-15/h3-11,16H,2,12H2,1H3,(H,20,21). The monoisotopic (exact) mass is 278 g/mol. The summed E-state index contributed by atoms with van der Waals surface area (Å²) in [5, 5.41) is 12.0. The van der Waals surface area contributed by atoms with Gasteiger partial charge in [0.2, 0.25) is 5.91 Å². The Balaban J connectivity index is 2.01. The lowest BCUT2D eigenvalue weighted by atomic mass is 10.00. The molecule has 21 heavy (non-hydrogen) atoms. The maximum atomic E-state index is 12.2. The van der Waals surface area contributed by atoms with Crippen LogP contribution in [0.25, 0.3) is 0 Å². The predicted molar refractivity (Wildman–Crippen MR) is 83.7 cm³/mol. The van der Waals surface area contributed by atoms with Crippen molar-refractivity contribution in [2.24, 2.45) is 5.92 Å². The predicted octanol–water partition coefficient (Wildman–Crippen LogP) is 3.57. The van der Waals surface area contributed by atoms with Crippen LogP contribution >= 0.6 is 0 Å². The number of carbonyl (C=O) groups is 1. The zero-order chi connectivity index (χ0) is 15.1. The van der Waals surface area contributed by atoms with Crippen molar-refractivity contribution in [3.8, 4) is 6.07 Å². The highest BCUT2D eigenvalue weighted by Crippen LogP contribution is 2.14. The van der Waals surface area contributed by atoms with Gasteiger partial charge in [-0.15, -0.1) is 0 Å². The molecule has 1 amide bonds. The fourth-order valence-corrected chi connectivity index (χ4v) is 2.10. The Labute approximate surface area is 125 Å². The van der Waals surface area contributed by atoms with Crippen LogP contribution < -0.4 is 5.32 Å². The lowest BCUT2D eigenvalue weighted by Crippen LogP contribution is -2.23. The number of hydrogen-bond donors (Lipinski definition) is 1. The van der Waals surface area contributed by atoms with E-state index < -0.39 is 5.92 Å². The minimum absolute atomic E-state index is 0.259. The Morgan fingerprint density at radius 1 is 1.10 bits per heavy atom. The van der Waals surface area contributed by atoms with E-state index in [9.17, 15) is 10.1 Å². The van der Waals surface area contributed by atoms with Crippen molar-refractivity contribution in [1.82, 2.24) is 0 Å². The third-order valence-corrected chi connectivity index (χ3v) is 3.38. The van der Waals surface area contributed by atoms with E-state index in [1.165, 1.54) is 5.56 Å². The fourth-order valence-electron chi connectivity index (χ4n) is 2.10. The summed E-state index contributed by atoms with van der Waals surface area (Å²) in [6.07, 6.45) is 1.39. The molecule has 0 saturated heterocycles. The Bertz CT molecular complexity index is 627. The molecule has 2 rings (SSSR count).